The number of hydrogen-bond donors (Lipinski definition) is 2. The number of benzene rings is 1. The molecule has 2 fully saturated rings. The van der Waals surface area contributed by atoms with E-state index < -0.39 is 0 Å². The lowest BCUT2D eigenvalue weighted by atomic mass is 9.96. The number of para-hydroxylation sites is 1. The molecule has 2 N–H and O–H groups in total. The van der Waals surface area contributed by atoms with E-state index in [1.54, 1.807) is 35.1 Å². The van der Waals surface area contributed by atoms with Crippen molar-refractivity contribution in [3.05, 3.63) is 51.9 Å². The number of anilines is 1. The fourth-order valence-electron chi connectivity index (χ4n) is 3.80. The van der Waals surface area contributed by atoms with Gasteiger partial charge in [0, 0.05) is 13.2 Å². The van der Waals surface area contributed by atoms with Crippen molar-refractivity contribution >= 4 is 17.3 Å². The van der Waals surface area contributed by atoms with Gasteiger partial charge >= 0.3 is 0 Å². The highest BCUT2D eigenvalue weighted by Gasteiger charge is 2.20. The number of phenols is 1. The number of phenolic OH excluding ortho intramolecular Hbond substituents is 1. The van der Waals surface area contributed by atoms with E-state index in [0.717, 1.165) is 58.3 Å². The zero-order valence-corrected chi connectivity index (χ0v) is 17.5. The van der Waals surface area contributed by atoms with E-state index in [9.17, 15) is 4.79 Å². The average molecular weight is 420 g/mol. The Morgan fingerprint density at radius 3 is 2.52 bits per heavy atom. The summed E-state index contributed by atoms with van der Waals surface area (Å²) in [5.74, 6) is 0.799. The topological polar surface area (TPSA) is 76.4 Å². The summed E-state index contributed by atoms with van der Waals surface area (Å²) in [6, 6.07) is 8.92. The molecule has 1 saturated carbocycles. The fourth-order valence-corrected chi connectivity index (χ4v) is 4.01. The van der Waals surface area contributed by atoms with E-state index >= 15 is 0 Å². The fraction of sp³-hybridized carbons (Fsp3) is 0.545. The van der Waals surface area contributed by atoms with Crippen molar-refractivity contribution in [2.24, 2.45) is 5.92 Å². The second kappa shape index (κ2) is 11.2. The first-order valence-corrected chi connectivity index (χ1v) is 10.9. The summed E-state index contributed by atoms with van der Waals surface area (Å²) in [5, 5.41) is 16.5. The number of aromatic nitrogens is 2. The van der Waals surface area contributed by atoms with Crippen LogP contribution < -0.4 is 10.9 Å². The van der Waals surface area contributed by atoms with Crippen molar-refractivity contribution in [3.8, 4) is 5.75 Å². The number of nitrogens with zero attached hydrogens (tertiary/aromatic N) is 2. The molecule has 1 aliphatic carbocycles. The van der Waals surface area contributed by atoms with Gasteiger partial charge < -0.3 is 15.2 Å². The van der Waals surface area contributed by atoms with Crippen molar-refractivity contribution in [3.63, 3.8) is 0 Å². The molecule has 1 aliphatic heterocycles. The number of rotatable bonds is 4. The first-order valence-electron chi connectivity index (χ1n) is 10.5. The number of ether oxygens (including phenoxy) is 1. The van der Waals surface area contributed by atoms with Crippen molar-refractivity contribution < 1.29 is 9.84 Å². The minimum Gasteiger partial charge on any atom is -0.508 e. The van der Waals surface area contributed by atoms with Crippen molar-refractivity contribution in [2.45, 2.75) is 51.0 Å². The van der Waals surface area contributed by atoms with Crippen LogP contribution in [0.15, 0.2) is 41.3 Å². The van der Waals surface area contributed by atoms with E-state index in [4.69, 9.17) is 21.4 Å². The van der Waals surface area contributed by atoms with Crippen LogP contribution in [-0.2, 0) is 4.74 Å². The minimum absolute atomic E-state index is 0.168. The predicted octanol–water partition coefficient (Wildman–Crippen LogP) is 4.63. The zero-order valence-electron chi connectivity index (χ0n) is 16.7. The number of aromatic hydroxyl groups is 1. The Kier molecular flexibility index (Phi) is 8.38. The Morgan fingerprint density at radius 1 is 1.14 bits per heavy atom. The van der Waals surface area contributed by atoms with Gasteiger partial charge in [0.2, 0.25) is 0 Å². The third kappa shape index (κ3) is 6.47. The smallest absolute Gasteiger partial charge is 0.287 e. The average Bonchev–Trinajstić information content (AvgIpc) is 2.77. The van der Waals surface area contributed by atoms with Gasteiger partial charge in [0.1, 0.15) is 10.8 Å². The summed E-state index contributed by atoms with van der Waals surface area (Å²) in [6.45, 7) is 2.40. The van der Waals surface area contributed by atoms with Crippen LogP contribution in [0.1, 0.15) is 51.0 Å². The Labute approximate surface area is 176 Å². The quantitative estimate of drug-likeness (QED) is 0.755. The van der Waals surface area contributed by atoms with Crippen molar-refractivity contribution in [2.75, 3.05) is 25.1 Å². The third-order valence-electron chi connectivity index (χ3n) is 5.46. The highest BCUT2D eigenvalue weighted by atomic mass is 35.5. The van der Waals surface area contributed by atoms with Gasteiger partial charge in [0.05, 0.1) is 24.5 Å². The van der Waals surface area contributed by atoms with Gasteiger partial charge in [-0.2, -0.15) is 5.10 Å². The monoisotopic (exact) mass is 419 g/mol. The standard InChI is InChI=1S/C16H24ClN3O2.C6H6O/c17-15-14(18-9-12-5-4-8-22-11-12)10-19-20(16(15)21)13-6-2-1-3-7-13;7-6-4-2-1-3-5-6/h10,12-13,18H,1-9,11H2;1-5,7H. The molecular weight excluding hydrogens is 390 g/mol. The molecule has 1 aromatic heterocycles. The molecule has 0 amide bonds. The van der Waals surface area contributed by atoms with Crippen LogP contribution in [0.2, 0.25) is 5.02 Å². The molecule has 0 radical (unpaired) electrons. The molecule has 2 aromatic rings. The third-order valence-corrected chi connectivity index (χ3v) is 5.82. The van der Waals surface area contributed by atoms with Gasteiger partial charge in [-0.15, -0.1) is 0 Å². The first kappa shape index (κ1) is 21.7. The van der Waals surface area contributed by atoms with Crippen LogP contribution in [0, 0.1) is 5.92 Å². The maximum Gasteiger partial charge on any atom is 0.287 e. The number of hydrogen-bond acceptors (Lipinski definition) is 5. The summed E-state index contributed by atoms with van der Waals surface area (Å²) in [5.41, 5.74) is 0.475. The summed E-state index contributed by atoms with van der Waals surface area (Å²) >= 11 is 6.27. The normalized spacial score (nSPS) is 19.8. The SMILES string of the molecule is O=c1c(Cl)c(NCC2CCCOC2)cnn1C1CCCCC1.Oc1ccccc1. The Hall–Kier alpha value is -2.05. The van der Waals surface area contributed by atoms with E-state index in [2.05, 4.69) is 10.4 Å². The maximum atomic E-state index is 12.4. The number of nitrogens with one attached hydrogen (secondary N) is 1. The molecule has 7 heteroatoms. The van der Waals surface area contributed by atoms with Crippen LogP contribution >= 0.6 is 11.6 Å². The summed E-state index contributed by atoms with van der Waals surface area (Å²) < 4.78 is 7.05. The molecule has 2 heterocycles. The second-order valence-electron chi connectivity index (χ2n) is 7.71. The molecule has 1 saturated heterocycles. The van der Waals surface area contributed by atoms with E-state index in [-0.39, 0.29) is 16.6 Å². The molecule has 6 nitrogen and oxygen atoms in total. The summed E-state index contributed by atoms with van der Waals surface area (Å²) in [6.07, 6.45) is 9.57. The van der Waals surface area contributed by atoms with E-state index in [1.165, 1.54) is 6.42 Å². The molecule has 158 valence electrons. The van der Waals surface area contributed by atoms with E-state index in [1.807, 2.05) is 6.07 Å². The van der Waals surface area contributed by atoms with Crippen molar-refractivity contribution in [1.29, 1.82) is 0 Å². The summed E-state index contributed by atoms with van der Waals surface area (Å²) in [4.78, 5) is 12.4. The lowest BCUT2D eigenvalue weighted by molar-refractivity contribution is 0.0595. The molecule has 1 atom stereocenters. The lowest BCUT2D eigenvalue weighted by Gasteiger charge is -2.24. The zero-order chi connectivity index (χ0) is 20.5. The second-order valence-corrected chi connectivity index (χ2v) is 8.09. The molecule has 1 aromatic carbocycles. The molecule has 4 rings (SSSR count). The van der Waals surface area contributed by atoms with Gasteiger partial charge in [-0.3, -0.25) is 4.79 Å². The van der Waals surface area contributed by atoms with Crippen LogP contribution in [0.25, 0.3) is 0 Å². The Morgan fingerprint density at radius 2 is 1.90 bits per heavy atom. The largest absolute Gasteiger partial charge is 0.508 e. The van der Waals surface area contributed by atoms with E-state index in [0.29, 0.717) is 17.4 Å². The van der Waals surface area contributed by atoms with Gasteiger partial charge in [-0.1, -0.05) is 49.1 Å². The lowest BCUT2D eigenvalue weighted by Crippen LogP contribution is -2.30. The van der Waals surface area contributed by atoms with Crippen molar-refractivity contribution in [1.82, 2.24) is 9.78 Å². The van der Waals surface area contributed by atoms with Crippen LogP contribution in [-0.4, -0.2) is 34.6 Å². The maximum absolute atomic E-state index is 12.4. The first-order chi connectivity index (χ1) is 14.1. The summed E-state index contributed by atoms with van der Waals surface area (Å²) in [7, 11) is 0. The van der Waals surface area contributed by atoms with Crippen LogP contribution in [0.5, 0.6) is 5.75 Å². The Balaban J connectivity index is 0.000000290. The molecular formula is C22H30ClN3O3. The van der Waals surface area contributed by atoms with Crippen LogP contribution in [0.3, 0.4) is 0 Å². The minimum atomic E-state index is -0.168. The molecule has 1 unspecified atom stereocenters. The van der Waals surface area contributed by atoms with Gasteiger partial charge in [0.15, 0.2) is 0 Å². The van der Waals surface area contributed by atoms with Gasteiger partial charge in [-0.25, -0.2) is 4.68 Å². The highest BCUT2D eigenvalue weighted by molar-refractivity contribution is 6.32. The molecule has 0 bridgehead atoms. The van der Waals surface area contributed by atoms with Gasteiger partial charge in [-0.05, 0) is 43.7 Å². The number of halogens is 1. The molecule has 2 aliphatic rings. The van der Waals surface area contributed by atoms with Crippen LogP contribution in [0.4, 0.5) is 5.69 Å². The van der Waals surface area contributed by atoms with Gasteiger partial charge in [0.25, 0.3) is 5.56 Å². The predicted molar refractivity (Wildman–Crippen MR) is 116 cm³/mol. The molecule has 0 spiro atoms. The molecule has 29 heavy (non-hydrogen) atoms. The Bertz CT molecular complexity index is 801. The highest BCUT2D eigenvalue weighted by Crippen LogP contribution is 2.27.